The SMILES string of the molecule is Cc1ccc(-n2cc(-c3ccccc3)nc2NC(=O)CN(CCN2CCOCC2)S(=O)(=O)c2ccc(C)cc2)cc1. The largest absolute Gasteiger partial charge is 0.379 e. The van der Waals surface area contributed by atoms with Crippen LogP contribution >= 0.6 is 0 Å². The molecule has 2 heterocycles. The Balaban J connectivity index is 1.41. The van der Waals surface area contributed by atoms with E-state index in [0.717, 1.165) is 35.5 Å². The number of carbonyl (C=O) groups is 1. The number of aromatic nitrogens is 2. The summed E-state index contributed by atoms with van der Waals surface area (Å²) in [6.45, 7) is 6.90. The number of hydrogen-bond donors (Lipinski definition) is 1. The summed E-state index contributed by atoms with van der Waals surface area (Å²) in [5, 5.41) is 2.89. The fourth-order valence-electron chi connectivity index (χ4n) is 4.66. The lowest BCUT2D eigenvalue weighted by atomic mass is 10.2. The van der Waals surface area contributed by atoms with Gasteiger partial charge in [0.05, 0.1) is 30.3 Å². The normalized spacial score (nSPS) is 14.3. The van der Waals surface area contributed by atoms with Gasteiger partial charge < -0.3 is 4.74 Å². The molecule has 0 unspecified atom stereocenters. The highest BCUT2D eigenvalue weighted by Gasteiger charge is 2.28. The molecule has 1 fully saturated rings. The molecule has 0 saturated carbocycles. The minimum Gasteiger partial charge on any atom is -0.379 e. The van der Waals surface area contributed by atoms with E-state index in [2.05, 4.69) is 10.2 Å². The first-order valence-corrected chi connectivity index (χ1v) is 15.1. The van der Waals surface area contributed by atoms with E-state index in [1.54, 1.807) is 24.3 Å². The van der Waals surface area contributed by atoms with E-state index in [0.29, 0.717) is 31.4 Å². The van der Waals surface area contributed by atoms with Gasteiger partial charge in [-0.2, -0.15) is 4.31 Å². The van der Waals surface area contributed by atoms with E-state index in [1.165, 1.54) is 4.31 Å². The quantitative estimate of drug-likeness (QED) is 0.307. The average Bonchev–Trinajstić information content (AvgIpc) is 3.40. The van der Waals surface area contributed by atoms with Gasteiger partial charge in [-0.3, -0.25) is 19.6 Å². The molecule has 0 atom stereocenters. The van der Waals surface area contributed by atoms with Gasteiger partial charge in [0.25, 0.3) is 0 Å². The molecule has 3 aromatic carbocycles. The van der Waals surface area contributed by atoms with Crippen LogP contribution in [0.15, 0.2) is 90.0 Å². The number of carbonyl (C=O) groups excluding carboxylic acids is 1. The van der Waals surface area contributed by atoms with Crippen LogP contribution in [0.3, 0.4) is 0 Å². The molecule has 41 heavy (non-hydrogen) atoms. The monoisotopic (exact) mass is 573 g/mol. The summed E-state index contributed by atoms with van der Waals surface area (Å²) in [5.41, 5.74) is 4.50. The lowest BCUT2D eigenvalue weighted by Crippen LogP contribution is -2.45. The number of aryl methyl sites for hydroxylation is 2. The first-order valence-electron chi connectivity index (χ1n) is 13.7. The highest BCUT2D eigenvalue weighted by Crippen LogP contribution is 2.25. The summed E-state index contributed by atoms with van der Waals surface area (Å²) >= 11 is 0. The molecule has 9 nitrogen and oxygen atoms in total. The Morgan fingerprint density at radius 3 is 2.22 bits per heavy atom. The second-order valence-electron chi connectivity index (χ2n) is 10.2. The van der Waals surface area contributed by atoms with Crippen molar-refractivity contribution in [3.63, 3.8) is 0 Å². The first-order chi connectivity index (χ1) is 19.8. The van der Waals surface area contributed by atoms with Crippen molar-refractivity contribution in [1.29, 1.82) is 0 Å². The second kappa shape index (κ2) is 12.8. The van der Waals surface area contributed by atoms with Gasteiger partial charge in [-0.1, -0.05) is 65.7 Å². The van der Waals surface area contributed by atoms with Gasteiger partial charge in [-0.15, -0.1) is 0 Å². The molecule has 214 valence electrons. The van der Waals surface area contributed by atoms with E-state index < -0.39 is 15.9 Å². The number of amides is 1. The number of ether oxygens (including phenoxy) is 1. The number of nitrogens with zero attached hydrogens (tertiary/aromatic N) is 4. The van der Waals surface area contributed by atoms with Crippen LogP contribution in [-0.2, 0) is 19.6 Å². The van der Waals surface area contributed by atoms with Crippen LogP contribution in [0.25, 0.3) is 16.9 Å². The van der Waals surface area contributed by atoms with E-state index >= 15 is 0 Å². The Morgan fingerprint density at radius 1 is 0.927 bits per heavy atom. The fourth-order valence-corrected chi connectivity index (χ4v) is 6.05. The maximum atomic E-state index is 13.7. The summed E-state index contributed by atoms with van der Waals surface area (Å²) in [7, 11) is -3.92. The van der Waals surface area contributed by atoms with Crippen molar-refractivity contribution >= 4 is 21.9 Å². The van der Waals surface area contributed by atoms with Gasteiger partial charge in [0.2, 0.25) is 21.9 Å². The summed E-state index contributed by atoms with van der Waals surface area (Å²) in [5.74, 6) is -0.153. The lowest BCUT2D eigenvalue weighted by molar-refractivity contribution is -0.116. The Hall–Kier alpha value is -3.83. The van der Waals surface area contributed by atoms with Crippen molar-refractivity contribution in [2.75, 3.05) is 51.3 Å². The molecule has 1 N–H and O–H groups in total. The van der Waals surface area contributed by atoms with Gasteiger partial charge in [-0.05, 0) is 38.1 Å². The number of sulfonamides is 1. The maximum absolute atomic E-state index is 13.7. The number of rotatable bonds is 10. The van der Waals surface area contributed by atoms with Crippen LogP contribution in [-0.4, -0.2) is 79.0 Å². The second-order valence-corrected chi connectivity index (χ2v) is 12.1. The summed E-state index contributed by atoms with van der Waals surface area (Å²) < 4.78 is 35.9. The zero-order chi connectivity index (χ0) is 28.8. The summed E-state index contributed by atoms with van der Waals surface area (Å²) in [6, 6.07) is 24.3. The molecule has 0 aliphatic carbocycles. The number of anilines is 1. The van der Waals surface area contributed by atoms with E-state index in [4.69, 9.17) is 9.72 Å². The molecular weight excluding hydrogens is 538 g/mol. The standard InChI is InChI=1S/C31H35N5O4S/c1-24-8-12-27(13-9-24)36-22-29(26-6-4-3-5-7-26)32-31(36)33-30(37)23-35(17-16-34-18-20-40-21-19-34)41(38,39)28-14-10-25(2)11-15-28/h3-15,22H,16-21,23H2,1-2H3,(H,32,33,37). The zero-order valence-electron chi connectivity index (χ0n) is 23.4. The molecule has 10 heteroatoms. The molecule has 1 amide bonds. The van der Waals surface area contributed by atoms with Crippen molar-refractivity contribution in [2.45, 2.75) is 18.7 Å². The lowest BCUT2D eigenvalue weighted by Gasteiger charge is -2.29. The molecular formula is C31H35N5O4S. The first kappa shape index (κ1) is 28.7. The van der Waals surface area contributed by atoms with Crippen molar-refractivity contribution < 1.29 is 17.9 Å². The van der Waals surface area contributed by atoms with Crippen LogP contribution in [0.1, 0.15) is 11.1 Å². The number of imidazole rings is 1. The minimum absolute atomic E-state index is 0.158. The summed E-state index contributed by atoms with van der Waals surface area (Å²) in [4.78, 5) is 20.5. The maximum Gasteiger partial charge on any atom is 0.243 e. The minimum atomic E-state index is -3.92. The van der Waals surface area contributed by atoms with Crippen LogP contribution in [0.4, 0.5) is 5.95 Å². The number of benzene rings is 3. The van der Waals surface area contributed by atoms with Crippen LogP contribution in [0.2, 0.25) is 0 Å². The smallest absolute Gasteiger partial charge is 0.243 e. The third-order valence-electron chi connectivity index (χ3n) is 7.09. The van der Waals surface area contributed by atoms with Gasteiger partial charge in [0.1, 0.15) is 0 Å². The predicted molar refractivity (Wildman–Crippen MR) is 160 cm³/mol. The van der Waals surface area contributed by atoms with Gasteiger partial charge in [0, 0.05) is 43.6 Å². The third-order valence-corrected chi connectivity index (χ3v) is 8.95. The third kappa shape index (κ3) is 7.09. The highest BCUT2D eigenvalue weighted by atomic mass is 32.2. The van der Waals surface area contributed by atoms with Crippen molar-refractivity contribution in [2.24, 2.45) is 0 Å². The van der Waals surface area contributed by atoms with E-state index in [-0.39, 0.29) is 18.0 Å². The fraction of sp³-hybridized carbons (Fsp3) is 0.290. The van der Waals surface area contributed by atoms with Gasteiger partial charge in [0.15, 0.2) is 0 Å². The number of nitrogens with one attached hydrogen (secondary N) is 1. The van der Waals surface area contributed by atoms with Crippen molar-refractivity contribution in [3.8, 4) is 16.9 Å². The van der Waals surface area contributed by atoms with Gasteiger partial charge in [-0.25, -0.2) is 13.4 Å². The molecule has 5 rings (SSSR count). The topological polar surface area (TPSA) is 96.8 Å². The van der Waals surface area contributed by atoms with E-state index in [1.807, 2.05) is 79.2 Å². The molecule has 1 aromatic heterocycles. The Morgan fingerprint density at radius 2 is 1.56 bits per heavy atom. The molecule has 0 radical (unpaired) electrons. The van der Waals surface area contributed by atoms with Crippen LogP contribution < -0.4 is 5.32 Å². The number of hydrogen-bond acceptors (Lipinski definition) is 6. The highest BCUT2D eigenvalue weighted by molar-refractivity contribution is 7.89. The Labute approximate surface area is 241 Å². The van der Waals surface area contributed by atoms with Crippen molar-refractivity contribution in [3.05, 3.63) is 96.2 Å². The molecule has 4 aromatic rings. The Kier molecular flexibility index (Phi) is 8.94. The molecule has 1 saturated heterocycles. The molecule has 1 aliphatic heterocycles. The van der Waals surface area contributed by atoms with Gasteiger partial charge >= 0.3 is 0 Å². The van der Waals surface area contributed by atoms with Crippen LogP contribution in [0, 0.1) is 13.8 Å². The predicted octanol–water partition coefficient (Wildman–Crippen LogP) is 4.12. The molecule has 0 spiro atoms. The van der Waals surface area contributed by atoms with E-state index in [9.17, 15) is 13.2 Å². The summed E-state index contributed by atoms with van der Waals surface area (Å²) in [6.07, 6.45) is 1.87. The van der Waals surface area contributed by atoms with Crippen LogP contribution in [0.5, 0.6) is 0 Å². The average molecular weight is 574 g/mol. The molecule has 1 aliphatic rings. The Bertz CT molecular complexity index is 1560. The van der Waals surface area contributed by atoms with Crippen molar-refractivity contribution in [1.82, 2.24) is 18.8 Å². The zero-order valence-corrected chi connectivity index (χ0v) is 24.2. The number of morpholine rings is 1. The molecule has 0 bridgehead atoms.